The van der Waals surface area contributed by atoms with E-state index in [1.807, 2.05) is 22.6 Å². The molecule has 1 aliphatic carbocycles. The molecule has 2 heterocycles. The smallest absolute Gasteiger partial charge is 0.337 e. The molecule has 4 rings (SSSR count). The van der Waals surface area contributed by atoms with Gasteiger partial charge in [-0.05, 0) is 60.6 Å². The normalized spacial score (nSPS) is 14.1. The Bertz CT molecular complexity index is 1300. The Morgan fingerprint density at radius 3 is 2.44 bits per heavy atom. The van der Waals surface area contributed by atoms with Crippen LogP contribution in [0.5, 0.6) is 5.75 Å². The van der Waals surface area contributed by atoms with Crippen molar-refractivity contribution < 1.29 is 9.50 Å². The van der Waals surface area contributed by atoms with Gasteiger partial charge in [0.05, 0.1) is 11.3 Å². The molecular formula is C18H15FIN3O4. The van der Waals surface area contributed by atoms with Gasteiger partial charge in [0.25, 0.3) is 11.1 Å². The van der Waals surface area contributed by atoms with Crippen LogP contribution in [0.25, 0.3) is 16.7 Å². The van der Waals surface area contributed by atoms with Crippen molar-refractivity contribution in [3.8, 4) is 11.4 Å². The molecule has 2 aromatic heterocycles. The third-order valence-corrected chi connectivity index (χ3v) is 5.53. The maximum absolute atomic E-state index is 14.7. The minimum atomic E-state index is -0.728. The Morgan fingerprint density at radius 1 is 1.19 bits per heavy atom. The molecular weight excluding hydrogens is 468 g/mol. The monoisotopic (exact) mass is 483 g/mol. The van der Waals surface area contributed by atoms with E-state index >= 15 is 0 Å². The molecule has 0 radical (unpaired) electrons. The van der Waals surface area contributed by atoms with Gasteiger partial charge in [-0.25, -0.2) is 13.8 Å². The number of hydrogen-bond donors (Lipinski definition) is 1. The second kappa shape index (κ2) is 6.04. The number of benzene rings is 1. The van der Waals surface area contributed by atoms with Gasteiger partial charge in [-0.3, -0.25) is 18.7 Å². The first-order valence-electron chi connectivity index (χ1n) is 8.29. The summed E-state index contributed by atoms with van der Waals surface area (Å²) in [5, 5.41) is 10.3. The highest BCUT2D eigenvalue weighted by Crippen LogP contribution is 2.33. The molecule has 3 aromatic rings. The highest BCUT2D eigenvalue weighted by Gasteiger charge is 2.31. The Balaban J connectivity index is 2.33. The zero-order chi connectivity index (χ0) is 19.6. The molecule has 1 N–H and O–H groups in total. The van der Waals surface area contributed by atoms with E-state index in [4.69, 9.17) is 0 Å². The van der Waals surface area contributed by atoms with E-state index < -0.39 is 28.4 Å². The predicted molar refractivity (Wildman–Crippen MR) is 106 cm³/mol. The lowest BCUT2D eigenvalue weighted by atomic mass is 10.2. The molecule has 0 unspecified atom stereocenters. The van der Waals surface area contributed by atoms with Crippen LogP contribution in [0.2, 0.25) is 0 Å². The number of nitrogens with zero attached hydrogens (tertiary/aromatic N) is 3. The molecule has 0 saturated heterocycles. The fourth-order valence-electron chi connectivity index (χ4n) is 3.31. The van der Waals surface area contributed by atoms with Crippen LogP contribution >= 0.6 is 22.6 Å². The van der Waals surface area contributed by atoms with Crippen molar-refractivity contribution in [1.29, 1.82) is 0 Å². The Kier molecular flexibility index (Phi) is 4.02. The maximum Gasteiger partial charge on any atom is 0.337 e. The van der Waals surface area contributed by atoms with Crippen molar-refractivity contribution in [1.82, 2.24) is 13.7 Å². The van der Waals surface area contributed by atoms with Gasteiger partial charge in [0.15, 0.2) is 0 Å². The average Bonchev–Trinajstić information content (AvgIpc) is 3.43. The summed E-state index contributed by atoms with van der Waals surface area (Å²) in [5.41, 5.74) is -2.18. The number of aryl methyl sites for hydroxylation is 1. The summed E-state index contributed by atoms with van der Waals surface area (Å²) in [4.78, 5) is 38.6. The van der Waals surface area contributed by atoms with Gasteiger partial charge in [-0.2, -0.15) is 0 Å². The minimum Gasteiger partial charge on any atom is -0.506 e. The van der Waals surface area contributed by atoms with Gasteiger partial charge < -0.3 is 5.11 Å². The van der Waals surface area contributed by atoms with Crippen molar-refractivity contribution in [3.63, 3.8) is 0 Å². The summed E-state index contributed by atoms with van der Waals surface area (Å²) >= 11 is 1.94. The fourth-order valence-corrected chi connectivity index (χ4v) is 3.76. The summed E-state index contributed by atoms with van der Waals surface area (Å²) in [7, 11) is 1.39. The van der Waals surface area contributed by atoms with Gasteiger partial charge in [-0.15, -0.1) is 0 Å². The van der Waals surface area contributed by atoms with E-state index in [1.165, 1.54) is 26.1 Å². The molecule has 0 spiro atoms. The summed E-state index contributed by atoms with van der Waals surface area (Å²) in [6.07, 6.45) is 1.31. The number of hydrogen-bond acceptors (Lipinski definition) is 4. The van der Waals surface area contributed by atoms with Crippen LogP contribution in [0, 0.1) is 16.3 Å². The molecule has 0 atom stereocenters. The highest BCUT2D eigenvalue weighted by molar-refractivity contribution is 14.1. The second-order valence-electron chi connectivity index (χ2n) is 6.66. The van der Waals surface area contributed by atoms with Crippen molar-refractivity contribution in [2.45, 2.75) is 25.8 Å². The van der Waals surface area contributed by atoms with Crippen LogP contribution in [0.1, 0.15) is 24.4 Å². The van der Waals surface area contributed by atoms with Crippen LogP contribution in [-0.2, 0) is 7.05 Å². The van der Waals surface area contributed by atoms with Crippen LogP contribution in [-0.4, -0.2) is 18.8 Å². The van der Waals surface area contributed by atoms with Gasteiger partial charge in [0, 0.05) is 16.7 Å². The molecule has 140 valence electrons. The highest BCUT2D eigenvalue weighted by atomic mass is 127. The van der Waals surface area contributed by atoms with E-state index in [9.17, 15) is 23.9 Å². The van der Waals surface area contributed by atoms with Crippen molar-refractivity contribution in [2.24, 2.45) is 7.05 Å². The van der Waals surface area contributed by atoms with E-state index in [0.29, 0.717) is 16.4 Å². The summed E-state index contributed by atoms with van der Waals surface area (Å²) < 4.78 is 18.5. The summed E-state index contributed by atoms with van der Waals surface area (Å²) in [5.74, 6) is -1.15. The topological polar surface area (TPSA) is 86.2 Å². The number of aromatic hydroxyl groups is 1. The van der Waals surface area contributed by atoms with Gasteiger partial charge in [0.1, 0.15) is 22.6 Å². The fraction of sp³-hybridized carbons (Fsp3) is 0.278. The van der Waals surface area contributed by atoms with Gasteiger partial charge >= 0.3 is 5.69 Å². The van der Waals surface area contributed by atoms with Crippen LogP contribution < -0.4 is 16.8 Å². The molecule has 27 heavy (non-hydrogen) atoms. The molecule has 1 saturated carbocycles. The number of pyridine rings is 1. The summed E-state index contributed by atoms with van der Waals surface area (Å²) in [6.45, 7) is 1.40. The first kappa shape index (κ1) is 18.0. The second-order valence-corrected chi connectivity index (χ2v) is 7.90. The number of halogens is 2. The zero-order valence-corrected chi connectivity index (χ0v) is 16.7. The molecule has 0 aliphatic heterocycles. The first-order chi connectivity index (χ1) is 12.7. The van der Waals surface area contributed by atoms with Crippen LogP contribution in [0.15, 0.2) is 32.6 Å². The molecule has 1 fully saturated rings. The van der Waals surface area contributed by atoms with E-state index in [2.05, 4.69) is 0 Å². The molecule has 1 aromatic carbocycles. The van der Waals surface area contributed by atoms with Gasteiger partial charge in [-0.1, -0.05) is 0 Å². The minimum absolute atomic E-state index is 0.00210. The zero-order valence-electron chi connectivity index (χ0n) is 14.5. The molecule has 7 nitrogen and oxygen atoms in total. The van der Waals surface area contributed by atoms with Crippen LogP contribution in [0.3, 0.4) is 0 Å². The lowest BCUT2D eigenvalue weighted by molar-refractivity contribution is 0.472. The van der Waals surface area contributed by atoms with E-state index in [-0.39, 0.29) is 28.3 Å². The largest absolute Gasteiger partial charge is 0.506 e. The van der Waals surface area contributed by atoms with Crippen molar-refractivity contribution in [3.05, 3.63) is 64.3 Å². The quantitative estimate of drug-likeness (QED) is 0.565. The Labute approximate surface area is 165 Å². The lowest BCUT2D eigenvalue weighted by Crippen LogP contribution is -2.41. The third kappa shape index (κ3) is 2.55. The van der Waals surface area contributed by atoms with E-state index in [0.717, 1.165) is 13.7 Å². The third-order valence-electron chi connectivity index (χ3n) is 4.86. The Morgan fingerprint density at radius 2 is 1.85 bits per heavy atom. The van der Waals surface area contributed by atoms with E-state index in [1.54, 1.807) is 6.07 Å². The molecule has 1 aliphatic rings. The lowest BCUT2D eigenvalue weighted by Gasteiger charge is -2.18. The number of fused-ring (bicyclic) bond motifs is 1. The van der Waals surface area contributed by atoms with Crippen LogP contribution in [0.4, 0.5) is 4.39 Å². The molecule has 9 heteroatoms. The summed E-state index contributed by atoms with van der Waals surface area (Å²) in [6, 6.07) is 4.01. The molecule has 0 bridgehead atoms. The number of rotatable bonds is 2. The van der Waals surface area contributed by atoms with Gasteiger partial charge in [0.2, 0.25) is 0 Å². The predicted octanol–water partition coefficient (Wildman–Crippen LogP) is 1.94. The standard InChI is InChI=1S/C18H15FIN3O4/c1-8-14(24)13-15(21(2)16(8)25)23(12-6-3-9(20)7-11(12)19)18(27)22(17(13)26)10-4-5-10/h3,6-7,10,24H,4-5H2,1-2H3. The SMILES string of the molecule is Cc1c(O)c2c(=O)n(C3CC3)c(=O)n(-c3ccc(I)cc3F)c2n(C)c1=O. The maximum atomic E-state index is 14.7. The first-order valence-corrected chi connectivity index (χ1v) is 9.37. The van der Waals surface area contributed by atoms with Crippen molar-refractivity contribution >= 4 is 33.6 Å². The number of aromatic nitrogens is 3. The molecule has 0 amide bonds. The Hall–Kier alpha value is -2.43. The van der Waals surface area contributed by atoms with Crippen molar-refractivity contribution in [2.75, 3.05) is 0 Å². The average molecular weight is 483 g/mol.